The minimum Gasteiger partial charge on any atom is -0.346 e. The maximum atomic E-state index is 14.4. The third-order valence-corrected chi connectivity index (χ3v) is 9.36. The van der Waals surface area contributed by atoms with Crippen LogP contribution in [-0.4, -0.2) is 40.7 Å². The smallest absolute Gasteiger partial charge is 0.243 e. The number of sulfonamides is 1. The van der Waals surface area contributed by atoms with E-state index in [1.807, 2.05) is 31.3 Å². The number of rotatable bonds is 6. The number of pyridine rings is 1. The number of aromatic nitrogens is 2. The van der Waals surface area contributed by atoms with Gasteiger partial charge in [-0.3, -0.25) is 4.79 Å². The SMILES string of the molecule is CCc1ccc(S(=O)(=O)N2C3C=C(c4cc(NC(=O)C5CC5)nc5[nH]ccc45)CC2CC3)cc1F. The normalized spacial score (nSPS) is 22.4. The van der Waals surface area contributed by atoms with E-state index < -0.39 is 15.8 Å². The van der Waals surface area contributed by atoms with Crippen LogP contribution in [0.4, 0.5) is 10.2 Å². The summed E-state index contributed by atoms with van der Waals surface area (Å²) in [5, 5.41) is 3.87. The number of H-pyrrole nitrogens is 1. The Bertz CT molecular complexity index is 1470. The summed E-state index contributed by atoms with van der Waals surface area (Å²) >= 11 is 0. The maximum Gasteiger partial charge on any atom is 0.243 e. The second kappa shape index (κ2) is 8.27. The van der Waals surface area contributed by atoms with Crippen molar-refractivity contribution in [1.82, 2.24) is 14.3 Å². The van der Waals surface area contributed by atoms with Gasteiger partial charge in [-0.15, -0.1) is 0 Å². The molecular formula is C26H27FN4O3S. The number of benzene rings is 1. The van der Waals surface area contributed by atoms with E-state index in [0.717, 1.165) is 48.3 Å². The van der Waals surface area contributed by atoms with Gasteiger partial charge in [-0.1, -0.05) is 19.1 Å². The third-order valence-electron chi connectivity index (χ3n) is 7.39. The zero-order valence-corrected chi connectivity index (χ0v) is 20.2. The van der Waals surface area contributed by atoms with Gasteiger partial charge >= 0.3 is 0 Å². The largest absolute Gasteiger partial charge is 0.346 e. The van der Waals surface area contributed by atoms with Gasteiger partial charge in [0.25, 0.3) is 0 Å². The van der Waals surface area contributed by atoms with Gasteiger partial charge < -0.3 is 10.3 Å². The lowest BCUT2D eigenvalue weighted by Gasteiger charge is -2.33. The van der Waals surface area contributed by atoms with Crippen LogP contribution >= 0.6 is 0 Å². The van der Waals surface area contributed by atoms with Crippen LogP contribution in [0.25, 0.3) is 16.6 Å². The van der Waals surface area contributed by atoms with Crippen LogP contribution < -0.4 is 5.32 Å². The molecule has 3 aromatic rings. The third kappa shape index (κ3) is 3.87. The molecule has 0 spiro atoms. The lowest BCUT2D eigenvalue weighted by atomic mass is 9.94. The Morgan fingerprint density at radius 1 is 1.20 bits per heavy atom. The molecule has 1 saturated heterocycles. The minimum atomic E-state index is -3.84. The second-order valence-corrected chi connectivity index (χ2v) is 11.5. The topological polar surface area (TPSA) is 95.2 Å². The van der Waals surface area contributed by atoms with E-state index in [1.165, 1.54) is 6.07 Å². The van der Waals surface area contributed by atoms with E-state index in [4.69, 9.17) is 0 Å². The molecule has 1 aromatic carbocycles. The van der Waals surface area contributed by atoms with Crippen molar-refractivity contribution in [3.05, 3.63) is 59.5 Å². The molecule has 3 aliphatic rings. The van der Waals surface area contributed by atoms with Crippen LogP contribution in [0.5, 0.6) is 0 Å². The van der Waals surface area contributed by atoms with Crippen LogP contribution in [0.2, 0.25) is 0 Å². The highest BCUT2D eigenvalue weighted by atomic mass is 32.2. The summed E-state index contributed by atoms with van der Waals surface area (Å²) in [5.41, 5.74) is 3.19. The molecule has 7 nitrogen and oxygen atoms in total. The van der Waals surface area contributed by atoms with Gasteiger partial charge in [0.2, 0.25) is 15.9 Å². The Balaban J connectivity index is 1.35. The first-order chi connectivity index (χ1) is 16.8. The van der Waals surface area contributed by atoms with Crippen LogP contribution in [0.1, 0.15) is 50.2 Å². The van der Waals surface area contributed by atoms with Crippen molar-refractivity contribution in [3.63, 3.8) is 0 Å². The molecule has 2 aromatic heterocycles. The molecule has 2 unspecified atom stereocenters. The summed E-state index contributed by atoms with van der Waals surface area (Å²) in [6.07, 6.45) is 8.17. The zero-order valence-electron chi connectivity index (χ0n) is 19.4. The van der Waals surface area contributed by atoms with Gasteiger partial charge in [0.15, 0.2) is 0 Å². The number of hydrogen-bond donors (Lipinski definition) is 2. The number of aryl methyl sites for hydroxylation is 1. The fourth-order valence-electron chi connectivity index (χ4n) is 5.40. The summed E-state index contributed by atoms with van der Waals surface area (Å²) in [7, 11) is -3.84. The predicted molar refractivity (Wildman–Crippen MR) is 132 cm³/mol. The number of anilines is 1. The molecule has 182 valence electrons. The van der Waals surface area contributed by atoms with Gasteiger partial charge in [-0.2, -0.15) is 4.31 Å². The van der Waals surface area contributed by atoms with Crippen molar-refractivity contribution >= 4 is 38.4 Å². The Morgan fingerprint density at radius 2 is 2.03 bits per heavy atom. The lowest BCUT2D eigenvalue weighted by molar-refractivity contribution is -0.117. The van der Waals surface area contributed by atoms with Gasteiger partial charge in [0.1, 0.15) is 17.3 Å². The molecule has 2 fully saturated rings. The van der Waals surface area contributed by atoms with E-state index in [0.29, 0.717) is 29.9 Å². The second-order valence-electron chi connectivity index (χ2n) is 9.69. The molecule has 1 saturated carbocycles. The molecule has 9 heteroatoms. The van der Waals surface area contributed by atoms with Crippen LogP contribution in [0.15, 0.2) is 47.5 Å². The maximum absolute atomic E-state index is 14.4. The molecule has 1 aliphatic carbocycles. The van der Waals surface area contributed by atoms with E-state index in [2.05, 4.69) is 15.3 Å². The number of carbonyl (C=O) groups is 1. The van der Waals surface area contributed by atoms with Crippen LogP contribution in [-0.2, 0) is 21.2 Å². The van der Waals surface area contributed by atoms with Crippen molar-refractivity contribution in [3.8, 4) is 0 Å². The van der Waals surface area contributed by atoms with Crippen LogP contribution in [0.3, 0.4) is 0 Å². The molecule has 2 aliphatic heterocycles. The molecular weight excluding hydrogens is 467 g/mol. The summed E-state index contributed by atoms with van der Waals surface area (Å²) in [4.78, 5) is 20.0. The Morgan fingerprint density at radius 3 is 2.74 bits per heavy atom. The molecule has 2 N–H and O–H groups in total. The zero-order chi connectivity index (χ0) is 24.3. The fourth-order valence-corrected chi connectivity index (χ4v) is 7.23. The first kappa shape index (κ1) is 22.4. The number of carbonyl (C=O) groups excluding carboxylic acids is 1. The number of fused-ring (bicyclic) bond motifs is 3. The monoisotopic (exact) mass is 494 g/mol. The van der Waals surface area contributed by atoms with E-state index in [1.54, 1.807) is 10.4 Å². The highest BCUT2D eigenvalue weighted by Crippen LogP contribution is 2.43. The van der Waals surface area contributed by atoms with Gasteiger partial charge in [0.05, 0.1) is 4.90 Å². The first-order valence-electron chi connectivity index (χ1n) is 12.2. The molecule has 1 amide bonds. The number of nitrogens with zero attached hydrogens (tertiary/aromatic N) is 2. The van der Waals surface area contributed by atoms with Gasteiger partial charge in [-0.25, -0.2) is 17.8 Å². The van der Waals surface area contributed by atoms with Crippen molar-refractivity contribution in [1.29, 1.82) is 0 Å². The molecule has 35 heavy (non-hydrogen) atoms. The number of aromatic amines is 1. The number of amides is 1. The molecule has 2 atom stereocenters. The summed E-state index contributed by atoms with van der Waals surface area (Å²) in [5.74, 6) is 0.0770. The van der Waals surface area contributed by atoms with Crippen molar-refractivity contribution < 1.29 is 17.6 Å². The van der Waals surface area contributed by atoms with Crippen molar-refractivity contribution in [2.75, 3.05) is 5.32 Å². The molecule has 6 rings (SSSR count). The highest BCUT2D eigenvalue weighted by Gasteiger charge is 2.44. The first-order valence-corrected chi connectivity index (χ1v) is 13.6. The average molecular weight is 495 g/mol. The standard InChI is InChI=1S/C26H27FN4O3S/c1-2-15-5-8-20(13-23(15)27)35(33,34)31-18-6-7-19(31)12-17(11-18)22-14-24(30-26(32)16-3-4-16)29-25-21(22)9-10-28-25/h5,8-11,13-14,16,18-19H,2-4,6-7,12H2,1H3,(H2,28,29,30,32). The summed E-state index contributed by atoms with van der Waals surface area (Å²) in [6.45, 7) is 1.84. The number of hydrogen-bond acceptors (Lipinski definition) is 4. The minimum absolute atomic E-state index is 0.00274. The molecule has 4 heterocycles. The van der Waals surface area contributed by atoms with E-state index >= 15 is 0 Å². The van der Waals surface area contributed by atoms with E-state index in [9.17, 15) is 17.6 Å². The summed E-state index contributed by atoms with van der Waals surface area (Å²) in [6, 6.07) is 7.57. The van der Waals surface area contributed by atoms with Crippen LogP contribution in [0, 0.1) is 11.7 Å². The molecule has 0 radical (unpaired) electrons. The lowest BCUT2D eigenvalue weighted by Crippen LogP contribution is -2.42. The summed E-state index contributed by atoms with van der Waals surface area (Å²) < 4.78 is 43.0. The highest BCUT2D eigenvalue weighted by molar-refractivity contribution is 7.89. The Kier molecular flexibility index (Phi) is 5.30. The van der Waals surface area contributed by atoms with Crippen molar-refractivity contribution in [2.45, 2.75) is 62.4 Å². The Labute approximate surface area is 203 Å². The number of nitrogens with one attached hydrogen (secondary N) is 2. The van der Waals surface area contributed by atoms with E-state index in [-0.39, 0.29) is 28.8 Å². The fraction of sp³-hybridized carbons (Fsp3) is 0.385. The van der Waals surface area contributed by atoms with Gasteiger partial charge in [-0.05, 0) is 79.5 Å². The average Bonchev–Trinajstić information content (AvgIpc) is 3.52. The Hall–Kier alpha value is -3.04. The van der Waals surface area contributed by atoms with Crippen molar-refractivity contribution in [2.24, 2.45) is 5.92 Å². The van der Waals surface area contributed by atoms with Gasteiger partial charge in [0, 0.05) is 29.6 Å². The molecule has 2 bridgehead atoms. The predicted octanol–water partition coefficient (Wildman–Crippen LogP) is 4.62. The number of halogens is 1. The quantitative estimate of drug-likeness (QED) is 0.523.